The SMILES string of the molecule is CNc1ccccc1C(=O)NCCc1ccc(Cl)cc1Cl. The van der Waals surface area contributed by atoms with Crippen LogP contribution in [0, 0.1) is 0 Å². The summed E-state index contributed by atoms with van der Waals surface area (Å²) in [6.07, 6.45) is 0.656. The molecule has 1 amide bonds. The summed E-state index contributed by atoms with van der Waals surface area (Å²) in [7, 11) is 1.79. The molecule has 0 aromatic heterocycles. The fraction of sp³-hybridized carbons (Fsp3) is 0.188. The third-order valence-corrected chi connectivity index (χ3v) is 3.72. The lowest BCUT2D eigenvalue weighted by Crippen LogP contribution is -2.26. The number of rotatable bonds is 5. The molecule has 3 nitrogen and oxygen atoms in total. The molecule has 2 aromatic rings. The smallest absolute Gasteiger partial charge is 0.253 e. The molecule has 2 N–H and O–H groups in total. The zero-order chi connectivity index (χ0) is 15.2. The van der Waals surface area contributed by atoms with Crippen LogP contribution in [0.3, 0.4) is 0 Å². The number of amides is 1. The van der Waals surface area contributed by atoms with Crippen LogP contribution in [0.25, 0.3) is 0 Å². The first kappa shape index (κ1) is 15.7. The van der Waals surface area contributed by atoms with Crippen molar-refractivity contribution in [3.8, 4) is 0 Å². The Morgan fingerprint density at radius 3 is 2.62 bits per heavy atom. The number of hydrogen-bond acceptors (Lipinski definition) is 2. The summed E-state index contributed by atoms with van der Waals surface area (Å²) >= 11 is 12.0. The van der Waals surface area contributed by atoms with Crippen molar-refractivity contribution in [3.05, 3.63) is 63.6 Å². The van der Waals surface area contributed by atoms with Gasteiger partial charge in [-0.3, -0.25) is 4.79 Å². The number of nitrogens with one attached hydrogen (secondary N) is 2. The second-order valence-corrected chi connectivity index (χ2v) is 5.38. The fourth-order valence-corrected chi connectivity index (χ4v) is 2.53. The van der Waals surface area contributed by atoms with E-state index in [1.54, 1.807) is 25.2 Å². The van der Waals surface area contributed by atoms with Gasteiger partial charge in [-0.15, -0.1) is 0 Å². The monoisotopic (exact) mass is 322 g/mol. The standard InChI is InChI=1S/C16H16Cl2N2O/c1-19-15-5-3-2-4-13(15)16(21)20-9-8-11-6-7-12(17)10-14(11)18/h2-7,10,19H,8-9H2,1H3,(H,20,21). The summed E-state index contributed by atoms with van der Waals surface area (Å²) in [5, 5.41) is 7.12. The van der Waals surface area contributed by atoms with Crippen LogP contribution in [-0.2, 0) is 6.42 Å². The van der Waals surface area contributed by atoms with Gasteiger partial charge < -0.3 is 10.6 Å². The molecule has 110 valence electrons. The van der Waals surface area contributed by atoms with Gasteiger partial charge in [0.2, 0.25) is 0 Å². The predicted molar refractivity (Wildman–Crippen MR) is 88.5 cm³/mol. The molecule has 2 aromatic carbocycles. The highest BCUT2D eigenvalue weighted by Gasteiger charge is 2.09. The summed E-state index contributed by atoms with van der Waals surface area (Å²) in [5.41, 5.74) is 2.39. The Hall–Kier alpha value is -1.71. The Balaban J connectivity index is 1.95. The molecule has 0 heterocycles. The van der Waals surface area contributed by atoms with Gasteiger partial charge in [-0.1, -0.05) is 41.4 Å². The Kier molecular flexibility index (Phi) is 5.48. The summed E-state index contributed by atoms with van der Waals surface area (Å²) < 4.78 is 0. The van der Waals surface area contributed by atoms with Gasteiger partial charge in [-0.25, -0.2) is 0 Å². The van der Waals surface area contributed by atoms with Crippen molar-refractivity contribution in [2.45, 2.75) is 6.42 Å². The predicted octanol–water partition coefficient (Wildman–Crippen LogP) is 4.01. The van der Waals surface area contributed by atoms with E-state index in [1.807, 2.05) is 24.3 Å². The molecule has 0 bridgehead atoms. The maximum absolute atomic E-state index is 12.1. The molecule has 0 fully saturated rings. The van der Waals surface area contributed by atoms with Gasteiger partial charge in [-0.2, -0.15) is 0 Å². The van der Waals surface area contributed by atoms with Gasteiger partial charge in [0.15, 0.2) is 0 Å². The van der Waals surface area contributed by atoms with Gasteiger partial charge in [0.1, 0.15) is 0 Å². The largest absolute Gasteiger partial charge is 0.387 e. The third-order valence-electron chi connectivity index (χ3n) is 3.14. The minimum atomic E-state index is -0.106. The number of hydrogen-bond donors (Lipinski definition) is 2. The number of halogens is 2. The molecule has 0 saturated carbocycles. The lowest BCUT2D eigenvalue weighted by Gasteiger charge is -2.10. The normalized spacial score (nSPS) is 10.2. The van der Waals surface area contributed by atoms with Crippen LogP contribution in [-0.4, -0.2) is 19.5 Å². The van der Waals surface area contributed by atoms with Crippen molar-refractivity contribution in [2.75, 3.05) is 18.9 Å². The van der Waals surface area contributed by atoms with Gasteiger partial charge in [-0.05, 0) is 36.2 Å². The maximum Gasteiger partial charge on any atom is 0.253 e. The van der Waals surface area contributed by atoms with Crippen molar-refractivity contribution >= 4 is 34.8 Å². The van der Waals surface area contributed by atoms with Crippen LogP contribution < -0.4 is 10.6 Å². The van der Waals surface area contributed by atoms with E-state index >= 15 is 0 Å². The second-order valence-electron chi connectivity index (χ2n) is 4.54. The Morgan fingerprint density at radius 2 is 1.90 bits per heavy atom. The van der Waals surface area contributed by atoms with Gasteiger partial charge in [0, 0.05) is 29.3 Å². The van der Waals surface area contributed by atoms with Crippen LogP contribution >= 0.6 is 23.2 Å². The molecule has 21 heavy (non-hydrogen) atoms. The van der Waals surface area contributed by atoms with Crippen molar-refractivity contribution < 1.29 is 4.79 Å². The van der Waals surface area contributed by atoms with Crippen molar-refractivity contribution in [1.29, 1.82) is 0 Å². The first-order valence-electron chi connectivity index (χ1n) is 6.60. The molecule has 0 radical (unpaired) electrons. The number of para-hydroxylation sites is 1. The zero-order valence-corrected chi connectivity index (χ0v) is 13.1. The van der Waals surface area contributed by atoms with E-state index in [9.17, 15) is 4.79 Å². The van der Waals surface area contributed by atoms with Gasteiger partial charge in [0.05, 0.1) is 5.56 Å². The molecule has 0 unspecified atom stereocenters. The molecule has 5 heteroatoms. The minimum absolute atomic E-state index is 0.106. The van der Waals surface area contributed by atoms with Crippen molar-refractivity contribution in [1.82, 2.24) is 5.32 Å². The summed E-state index contributed by atoms with van der Waals surface area (Å²) in [6.45, 7) is 0.512. The second kappa shape index (κ2) is 7.34. The molecule has 0 atom stereocenters. The summed E-state index contributed by atoms with van der Waals surface area (Å²) in [5.74, 6) is -0.106. The number of anilines is 1. The summed E-state index contributed by atoms with van der Waals surface area (Å²) in [4.78, 5) is 12.1. The highest BCUT2D eigenvalue weighted by atomic mass is 35.5. The van der Waals surface area contributed by atoms with E-state index in [1.165, 1.54) is 0 Å². The number of benzene rings is 2. The lowest BCUT2D eigenvalue weighted by molar-refractivity contribution is 0.0955. The van der Waals surface area contributed by atoms with E-state index < -0.39 is 0 Å². The van der Waals surface area contributed by atoms with Gasteiger partial charge in [0.25, 0.3) is 5.91 Å². The summed E-state index contributed by atoms with van der Waals surface area (Å²) in [6, 6.07) is 12.7. The quantitative estimate of drug-likeness (QED) is 0.873. The molecular formula is C16H16Cl2N2O. The first-order chi connectivity index (χ1) is 10.1. The minimum Gasteiger partial charge on any atom is -0.387 e. The topological polar surface area (TPSA) is 41.1 Å². The van der Waals surface area contributed by atoms with E-state index in [4.69, 9.17) is 23.2 Å². The van der Waals surface area contributed by atoms with Crippen LogP contribution in [0.15, 0.2) is 42.5 Å². The van der Waals surface area contributed by atoms with Crippen LogP contribution in [0.4, 0.5) is 5.69 Å². The average Bonchev–Trinajstić information content (AvgIpc) is 2.49. The van der Waals surface area contributed by atoms with E-state index in [0.29, 0.717) is 28.6 Å². The van der Waals surface area contributed by atoms with Crippen LogP contribution in [0.2, 0.25) is 10.0 Å². The van der Waals surface area contributed by atoms with Crippen molar-refractivity contribution in [2.24, 2.45) is 0 Å². The zero-order valence-electron chi connectivity index (χ0n) is 11.6. The first-order valence-corrected chi connectivity index (χ1v) is 7.36. The molecular weight excluding hydrogens is 307 g/mol. The third kappa shape index (κ3) is 4.13. The van der Waals surface area contributed by atoms with Crippen LogP contribution in [0.1, 0.15) is 15.9 Å². The highest BCUT2D eigenvalue weighted by molar-refractivity contribution is 6.35. The van der Waals surface area contributed by atoms with Gasteiger partial charge >= 0.3 is 0 Å². The molecule has 0 aliphatic rings. The van der Waals surface area contributed by atoms with E-state index in [2.05, 4.69) is 10.6 Å². The van der Waals surface area contributed by atoms with Crippen molar-refractivity contribution in [3.63, 3.8) is 0 Å². The fourth-order valence-electron chi connectivity index (χ4n) is 2.03. The molecule has 2 rings (SSSR count). The molecule has 0 aliphatic heterocycles. The highest BCUT2D eigenvalue weighted by Crippen LogP contribution is 2.21. The average molecular weight is 323 g/mol. The lowest BCUT2D eigenvalue weighted by atomic mass is 10.1. The van der Waals surface area contributed by atoms with E-state index in [0.717, 1.165) is 11.3 Å². The maximum atomic E-state index is 12.1. The number of carbonyl (C=O) groups is 1. The molecule has 0 aliphatic carbocycles. The van der Waals surface area contributed by atoms with E-state index in [-0.39, 0.29) is 5.91 Å². The molecule has 0 spiro atoms. The number of carbonyl (C=O) groups excluding carboxylic acids is 1. The van der Waals surface area contributed by atoms with Crippen LogP contribution in [0.5, 0.6) is 0 Å². The Morgan fingerprint density at radius 1 is 1.14 bits per heavy atom. The Labute approximate surface area is 134 Å². The molecule has 0 saturated heterocycles. The Bertz CT molecular complexity index is 644.